The fourth-order valence-electron chi connectivity index (χ4n) is 9.74. The third-order valence-corrected chi connectivity index (χ3v) is 18.5. The van der Waals surface area contributed by atoms with Gasteiger partial charge in [0, 0.05) is 12.5 Å². The van der Waals surface area contributed by atoms with Crippen molar-refractivity contribution in [1.29, 1.82) is 0 Å². The Morgan fingerprint density at radius 1 is 0.926 bits per heavy atom. The quantitative estimate of drug-likeness (QED) is 0.0594. The molecule has 0 radical (unpaired) electrons. The number of imidazole rings is 1. The van der Waals surface area contributed by atoms with Gasteiger partial charge in [-0.05, 0) is 110 Å². The first-order chi connectivity index (χ1) is 32.5. The van der Waals surface area contributed by atoms with Crippen LogP contribution in [0.25, 0.3) is 11.2 Å². The number of halogens is 2. The van der Waals surface area contributed by atoms with Crippen molar-refractivity contribution in [2.45, 2.75) is 87.8 Å². The molecular weight excluding hydrogens is 912 g/mol. The Morgan fingerprint density at radius 3 is 2.28 bits per heavy atom. The number of ether oxygens (including phenoxy) is 4. The molecule has 2 saturated heterocycles. The number of carbonyl (C=O) groups is 1. The maximum atomic E-state index is 17.2. The van der Waals surface area contributed by atoms with Crippen molar-refractivity contribution >= 4 is 41.1 Å². The van der Waals surface area contributed by atoms with E-state index in [-0.39, 0.29) is 22.9 Å². The van der Waals surface area contributed by atoms with Crippen molar-refractivity contribution in [2.24, 2.45) is 11.3 Å². The number of nitrogens with zero attached hydrogens (tertiary/aromatic N) is 4. The molecule has 0 spiro atoms. The zero-order chi connectivity index (χ0) is 48.1. The van der Waals surface area contributed by atoms with Crippen molar-refractivity contribution in [3.63, 3.8) is 0 Å². The van der Waals surface area contributed by atoms with E-state index in [0.29, 0.717) is 46.6 Å². The molecule has 4 aromatic carbocycles. The molecule has 2 aliphatic heterocycles. The number of alkyl halides is 2. The lowest BCUT2D eigenvalue weighted by Gasteiger charge is -2.42. The van der Waals surface area contributed by atoms with Gasteiger partial charge in [0.05, 0.1) is 49.5 Å². The normalized spacial score (nSPS) is 27.9. The lowest BCUT2D eigenvalue weighted by molar-refractivity contribution is -0.172. The molecule has 3 fully saturated rings. The zero-order valence-electron chi connectivity index (χ0n) is 38.6. The number of carbonyl (C=O) groups excluding carboxylic acids is 1. The van der Waals surface area contributed by atoms with Crippen molar-refractivity contribution in [3.05, 3.63) is 156 Å². The summed E-state index contributed by atoms with van der Waals surface area (Å²) < 4.78 is 89.0. The lowest BCUT2D eigenvalue weighted by Crippen LogP contribution is -2.53. The Labute approximate surface area is 398 Å². The van der Waals surface area contributed by atoms with Crippen LogP contribution >= 0.6 is 18.2 Å². The molecular formula is C51H54F2N5O8PS. The molecule has 13 nitrogen and oxygen atoms in total. The van der Waals surface area contributed by atoms with Gasteiger partial charge in [0.1, 0.15) is 29.5 Å². The highest BCUT2D eigenvalue weighted by Crippen LogP contribution is 2.77. The molecule has 4 heterocycles. The van der Waals surface area contributed by atoms with Crippen LogP contribution in [-0.4, -0.2) is 75.2 Å². The smallest absolute Gasteiger partial charge is 0.390 e. The molecule has 68 heavy (non-hydrogen) atoms. The first-order valence-electron chi connectivity index (χ1n) is 22.4. The molecule has 9 rings (SSSR count). The summed E-state index contributed by atoms with van der Waals surface area (Å²) in [7, 11) is 3.14. The van der Waals surface area contributed by atoms with Crippen LogP contribution in [-0.2, 0) is 28.7 Å². The van der Waals surface area contributed by atoms with E-state index in [4.69, 9.17) is 28.0 Å². The lowest BCUT2D eigenvalue weighted by atomic mass is 9.74. The van der Waals surface area contributed by atoms with Gasteiger partial charge in [-0.2, -0.15) is 0 Å². The summed E-state index contributed by atoms with van der Waals surface area (Å²) in [6.45, 7) is 5.65. The Kier molecular flexibility index (Phi) is 12.9. The predicted molar refractivity (Wildman–Crippen MR) is 256 cm³/mol. The highest BCUT2D eigenvalue weighted by Gasteiger charge is 2.69. The number of hydrogen-bond acceptors (Lipinski definition) is 12. The SMILES string of the molecule is C=C(C)[C@@H]1CC[C@]2(C)S[P@@](=O)(O[C@H]3[C@H](n4cnc5c(NC(=O)c6ccccc6)ncnc54)O[C@H](COC(c4ccccc4)(c4ccc(OC)cc4)c4cccc(OC)c4)[C@@]3(C)C(C)(F)F)O[C@H]2C1. The molecule has 1 aliphatic carbocycles. The molecule has 1 amide bonds. The molecule has 1 saturated carbocycles. The number of hydrogen-bond donors (Lipinski definition) is 1. The first kappa shape index (κ1) is 47.6. The minimum atomic E-state index is -4.21. The second-order valence-corrected chi connectivity index (χ2v) is 22.5. The Morgan fingerprint density at radius 2 is 1.60 bits per heavy atom. The number of nitrogens with one attached hydrogen (secondary N) is 1. The van der Waals surface area contributed by atoms with E-state index in [1.165, 1.54) is 24.1 Å². The van der Waals surface area contributed by atoms with Crippen molar-refractivity contribution in [1.82, 2.24) is 19.5 Å². The summed E-state index contributed by atoms with van der Waals surface area (Å²) >= 11 is 1.07. The number of anilines is 1. The molecule has 3 aliphatic rings. The predicted octanol–water partition coefficient (Wildman–Crippen LogP) is 11.4. The fourth-order valence-corrected chi connectivity index (χ4v) is 15.2. The number of allylic oxidation sites excluding steroid dienone is 1. The van der Waals surface area contributed by atoms with Gasteiger partial charge < -0.3 is 24.3 Å². The highest BCUT2D eigenvalue weighted by atomic mass is 32.7. The number of benzene rings is 4. The van der Waals surface area contributed by atoms with Crippen LogP contribution in [0.15, 0.2) is 134 Å². The molecule has 0 bridgehead atoms. The van der Waals surface area contributed by atoms with Crippen LogP contribution in [0.3, 0.4) is 0 Å². The van der Waals surface area contributed by atoms with Crippen molar-refractivity contribution in [3.8, 4) is 11.5 Å². The van der Waals surface area contributed by atoms with Gasteiger partial charge in [-0.3, -0.25) is 18.4 Å². The van der Waals surface area contributed by atoms with Crippen molar-refractivity contribution < 1.29 is 46.1 Å². The third kappa shape index (κ3) is 8.53. The van der Waals surface area contributed by atoms with Gasteiger partial charge in [0.25, 0.3) is 11.8 Å². The van der Waals surface area contributed by atoms with E-state index in [0.717, 1.165) is 30.3 Å². The Balaban J connectivity index is 1.17. The van der Waals surface area contributed by atoms with Gasteiger partial charge in [-0.25, -0.2) is 28.3 Å². The molecule has 17 heteroatoms. The number of aromatic nitrogens is 4. The van der Waals surface area contributed by atoms with E-state index in [2.05, 4.69) is 26.8 Å². The summed E-state index contributed by atoms with van der Waals surface area (Å²) in [5, 5.41) is 2.80. The maximum absolute atomic E-state index is 17.2. The number of rotatable bonds is 15. The zero-order valence-corrected chi connectivity index (χ0v) is 40.3. The van der Waals surface area contributed by atoms with E-state index in [1.807, 2.05) is 92.7 Å². The van der Waals surface area contributed by atoms with Gasteiger partial charge >= 0.3 is 6.80 Å². The summed E-state index contributed by atoms with van der Waals surface area (Å²) in [6, 6.07) is 32.8. The fraction of sp³-hybridized carbons (Fsp3) is 0.373. The van der Waals surface area contributed by atoms with Crippen LogP contribution in [0.2, 0.25) is 0 Å². The average molecular weight is 966 g/mol. The number of methoxy groups -OCH3 is 2. The topological polar surface area (TPSA) is 145 Å². The average Bonchev–Trinajstić information content (AvgIpc) is 3.98. The van der Waals surface area contributed by atoms with Gasteiger partial charge in [0.2, 0.25) is 0 Å². The molecule has 2 aromatic heterocycles. The molecule has 1 N–H and O–H groups in total. The second kappa shape index (κ2) is 18.4. The standard InChI is InChI=1S/C51H54F2N5O8PS/c1-32(2)34-25-26-48(3)40(27-34)65-67(60,68-48)66-43-47(58-31-56-42-44(54-30-55-45(42)58)57-46(59)33-15-10-8-11-16-33)64-41(49(43,4)50(5,52)53)29-63-51(35-17-12-9-13-18-35,36-21-23-38(61-6)24-22-36)37-19-14-20-39(28-37)62-7/h8-24,28,30-31,34,40-41,43,47H,1,25-27,29H2,2-7H3,(H,54,55,57,59)/t34-,40+,41-,43+,47-,48+,49-,51?,67-/m1/s1. The van der Waals surface area contributed by atoms with E-state index in [9.17, 15) is 4.79 Å². The van der Waals surface area contributed by atoms with Gasteiger partial charge in [0.15, 0.2) is 23.2 Å². The van der Waals surface area contributed by atoms with Crippen LogP contribution in [0.4, 0.5) is 14.6 Å². The van der Waals surface area contributed by atoms with E-state index < -0.39 is 65.5 Å². The molecule has 356 valence electrons. The van der Waals surface area contributed by atoms with Crippen molar-refractivity contribution in [2.75, 3.05) is 26.1 Å². The largest absolute Gasteiger partial charge is 0.497 e. The Hall–Kier alpha value is -5.48. The van der Waals surface area contributed by atoms with Gasteiger partial charge in [-0.15, -0.1) is 0 Å². The van der Waals surface area contributed by atoms with Gasteiger partial charge in [-0.1, -0.05) is 84.9 Å². The summed E-state index contributed by atoms with van der Waals surface area (Å²) in [5.41, 5.74) is -0.0239. The number of amides is 1. The monoisotopic (exact) mass is 965 g/mol. The van der Waals surface area contributed by atoms with Crippen LogP contribution in [0.5, 0.6) is 11.5 Å². The third-order valence-electron chi connectivity index (χ3n) is 14.0. The molecule has 9 atom stereocenters. The summed E-state index contributed by atoms with van der Waals surface area (Å²) in [4.78, 5) is 26.8. The summed E-state index contributed by atoms with van der Waals surface area (Å²) in [6.07, 6.45) is -0.396. The van der Waals surface area contributed by atoms with Crippen LogP contribution < -0.4 is 14.8 Å². The summed E-state index contributed by atoms with van der Waals surface area (Å²) in [5.74, 6) is -2.64. The highest BCUT2D eigenvalue weighted by molar-refractivity contribution is 8.56. The molecule has 6 aromatic rings. The minimum Gasteiger partial charge on any atom is -0.497 e. The number of fused-ring (bicyclic) bond motifs is 2. The minimum absolute atomic E-state index is 0.0819. The first-order valence-corrected chi connectivity index (χ1v) is 25.4. The Bertz CT molecular complexity index is 2860. The maximum Gasteiger partial charge on any atom is 0.390 e. The van der Waals surface area contributed by atoms with Crippen LogP contribution in [0.1, 0.15) is 80.2 Å². The molecule has 1 unspecified atom stereocenters. The second-order valence-electron chi connectivity index (χ2n) is 18.2. The van der Waals surface area contributed by atoms with E-state index in [1.54, 1.807) is 44.6 Å². The van der Waals surface area contributed by atoms with Crippen LogP contribution in [0, 0.1) is 11.3 Å². The van der Waals surface area contributed by atoms with E-state index >= 15 is 13.3 Å².